The van der Waals surface area contributed by atoms with Crippen LogP contribution in [0.2, 0.25) is 0 Å². The van der Waals surface area contributed by atoms with Crippen molar-refractivity contribution in [1.82, 2.24) is 9.55 Å². The Balaban J connectivity index is 1.92. The van der Waals surface area contributed by atoms with Gasteiger partial charge < -0.3 is 10.6 Å². The molecule has 0 radical (unpaired) electrons. The van der Waals surface area contributed by atoms with Gasteiger partial charge >= 0.3 is 5.69 Å². The molecule has 1 aromatic carbocycles. The molecule has 0 bridgehead atoms. The molecule has 1 heterocycles. The van der Waals surface area contributed by atoms with E-state index in [1.54, 1.807) is 0 Å². The van der Waals surface area contributed by atoms with Crippen LogP contribution >= 0.6 is 0 Å². The summed E-state index contributed by atoms with van der Waals surface area (Å²) >= 11 is 0. The number of carbonyl (C=O) groups excluding carboxylic acids is 1. The second-order valence-electron chi connectivity index (χ2n) is 6.49. The smallest absolute Gasteiger partial charge is 0.330 e. The maximum atomic E-state index is 12.6. The van der Waals surface area contributed by atoms with Crippen molar-refractivity contribution in [3.8, 4) is 0 Å². The van der Waals surface area contributed by atoms with Gasteiger partial charge in [0.15, 0.2) is 5.69 Å². The van der Waals surface area contributed by atoms with E-state index in [-0.39, 0.29) is 29.9 Å². The second-order valence-corrected chi connectivity index (χ2v) is 6.49. The number of benzene rings is 1. The van der Waals surface area contributed by atoms with Gasteiger partial charge in [0.25, 0.3) is 5.56 Å². The van der Waals surface area contributed by atoms with Crippen molar-refractivity contribution >= 4 is 17.4 Å². The molecular weight excluding hydrogens is 332 g/mol. The lowest BCUT2D eigenvalue weighted by molar-refractivity contribution is -0.118. The third kappa shape index (κ3) is 3.61. The SMILES string of the molecule is CN(C(=O)C[C@@H]1C=CCC1)c1c(N)n(Cc2ccccc2)c(=O)[nH]c1=O. The highest BCUT2D eigenvalue weighted by atomic mass is 16.2. The monoisotopic (exact) mass is 354 g/mol. The molecular formula is C19H22N4O3. The number of H-pyrrole nitrogens is 1. The molecule has 0 unspecified atom stereocenters. The Kier molecular flexibility index (Phi) is 5.06. The molecule has 0 fully saturated rings. The van der Waals surface area contributed by atoms with Gasteiger partial charge in [-0.3, -0.25) is 19.1 Å². The predicted octanol–water partition coefficient (Wildman–Crippen LogP) is 1.49. The summed E-state index contributed by atoms with van der Waals surface area (Å²) < 4.78 is 1.27. The van der Waals surface area contributed by atoms with Crippen LogP contribution in [0.25, 0.3) is 0 Å². The van der Waals surface area contributed by atoms with Crippen molar-refractivity contribution in [3.63, 3.8) is 0 Å². The van der Waals surface area contributed by atoms with Crippen LogP contribution in [0.5, 0.6) is 0 Å². The summed E-state index contributed by atoms with van der Waals surface area (Å²) in [6, 6.07) is 9.30. The lowest BCUT2D eigenvalue weighted by atomic mass is 10.0. The van der Waals surface area contributed by atoms with Crippen molar-refractivity contribution in [1.29, 1.82) is 0 Å². The molecule has 1 aromatic heterocycles. The number of rotatable bonds is 5. The first-order chi connectivity index (χ1) is 12.5. The first kappa shape index (κ1) is 17.7. The van der Waals surface area contributed by atoms with Gasteiger partial charge in [-0.25, -0.2) is 4.79 Å². The molecule has 0 saturated carbocycles. The van der Waals surface area contributed by atoms with Crippen LogP contribution in [0.15, 0.2) is 52.1 Å². The zero-order chi connectivity index (χ0) is 18.7. The average Bonchev–Trinajstić information content (AvgIpc) is 3.12. The summed E-state index contributed by atoms with van der Waals surface area (Å²) in [7, 11) is 1.51. The summed E-state index contributed by atoms with van der Waals surface area (Å²) in [5, 5.41) is 0. The summed E-state index contributed by atoms with van der Waals surface area (Å²) in [5.74, 6) is -0.0374. The van der Waals surface area contributed by atoms with E-state index in [9.17, 15) is 14.4 Å². The minimum Gasteiger partial charge on any atom is -0.383 e. The fraction of sp³-hybridized carbons (Fsp3) is 0.316. The van der Waals surface area contributed by atoms with Crippen molar-refractivity contribution in [2.75, 3.05) is 17.7 Å². The van der Waals surface area contributed by atoms with Gasteiger partial charge in [0.2, 0.25) is 5.91 Å². The van der Waals surface area contributed by atoms with Crippen molar-refractivity contribution < 1.29 is 4.79 Å². The van der Waals surface area contributed by atoms with Gasteiger partial charge in [-0.1, -0.05) is 42.5 Å². The zero-order valence-electron chi connectivity index (χ0n) is 14.6. The van der Waals surface area contributed by atoms with Crippen LogP contribution in [-0.2, 0) is 11.3 Å². The molecule has 2 aromatic rings. The van der Waals surface area contributed by atoms with Gasteiger partial charge in [-0.2, -0.15) is 0 Å². The number of anilines is 2. The zero-order valence-corrected chi connectivity index (χ0v) is 14.6. The molecule has 0 aliphatic heterocycles. The maximum absolute atomic E-state index is 12.6. The van der Waals surface area contributed by atoms with E-state index in [0.29, 0.717) is 6.42 Å². The Labute approximate surface area is 150 Å². The van der Waals surface area contributed by atoms with Crippen LogP contribution in [0.3, 0.4) is 0 Å². The van der Waals surface area contributed by atoms with Gasteiger partial charge in [-0.05, 0) is 24.3 Å². The van der Waals surface area contributed by atoms with E-state index in [0.717, 1.165) is 18.4 Å². The topological polar surface area (TPSA) is 101 Å². The molecule has 1 atom stereocenters. The molecule has 0 saturated heterocycles. The summed E-state index contributed by atoms with van der Waals surface area (Å²) in [5.41, 5.74) is 5.73. The van der Waals surface area contributed by atoms with Crippen molar-refractivity contribution in [2.24, 2.45) is 5.92 Å². The van der Waals surface area contributed by atoms with Crippen LogP contribution in [0, 0.1) is 5.92 Å². The number of amides is 1. The molecule has 3 rings (SSSR count). The predicted molar refractivity (Wildman–Crippen MR) is 101 cm³/mol. The Hall–Kier alpha value is -3.09. The van der Waals surface area contributed by atoms with Crippen LogP contribution in [0.4, 0.5) is 11.5 Å². The lowest BCUT2D eigenvalue weighted by Gasteiger charge is -2.21. The van der Waals surface area contributed by atoms with Gasteiger partial charge in [0.1, 0.15) is 5.82 Å². The second kappa shape index (κ2) is 7.43. The Morgan fingerprint density at radius 2 is 2.04 bits per heavy atom. The molecule has 136 valence electrons. The van der Waals surface area contributed by atoms with E-state index >= 15 is 0 Å². The normalized spacial score (nSPS) is 16.0. The minimum atomic E-state index is -0.658. The number of nitrogens with one attached hydrogen (secondary N) is 1. The largest absolute Gasteiger partial charge is 0.383 e. The van der Waals surface area contributed by atoms with Crippen molar-refractivity contribution in [3.05, 3.63) is 68.9 Å². The summed E-state index contributed by atoms with van der Waals surface area (Å²) in [6.45, 7) is 0.211. The number of carbonyl (C=O) groups is 1. The van der Waals surface area contributed by atoms with E-state index in [4.69, 9.17) is 5.73 Å². The molecule has 3 N–H and O–H groups in total. The van der Waals surface area contributed by atoms with Crippen LogP contribution < -0.4 is 21.9 Å². The quantitative estimate of drug-likeness (QED) is 0.794. The van der Waals surface area contributed by atoms with E-state index < -0.39 is 11.2 Å². The van der Waals surface area contributed by atoms with E-state index in [1.165, 1.54) is 16.5 Å². The number of aromatic nitrogens is 2. The molecule has 7 heteroatoms. The highest BCUT2D eigenvalue weighted by Gasteiger charge is 2.23. The Morgan fingerprint density at radius 1 is 1.31 bits per heavy atom. The number of aromatic amines is 1. The number of nitrogens with zero attached hydrogens (tertiary/aromatic N) is 2. The minimum absolute atomic E-state index is 0.00695. The molecule has 26 heavy (non-hydrogen) atoms. The lowest BCUT2D eigenvalue weighted by Crippen LogP contribution is -2.39. The van der Waals surface area contributed by atoms with Crippen molar-refractivity contribution in [2.45, 2.75) is 25.8 Å². The van der Waals surface area contributed by atoms with E-state index in [1.807, 2.05) is 36.4 Å². The highest BCUT2D eigenvalue weighted by Crippen LogP contribution is 2.23. The Bertz CT molecular complexity index is 943. The average molecular weight is 354 g/mol. The molecule has 7 nitrogen and oxygen atoms in total. The maximum Gasteiger partial charge on any atom is 0.330 e. The summed E-state index contributed by atoms with van der Waals surface area (Å²) in [6.07, 6.45) is 6.28. The molecule has 1 aliphatic rings. The number of allylic oxidation sites excluding steroid dienone is 2. The molecule has 0 spiro atoms. The van der Waals surface area contributed by atoms with Gasteiger partial charge in [-0.15, -0.1) is 0 Å². The number of hydrogen-bond donors (Lipinski definition) is 2. The van der Waals surface area contributed by atoms with Crippen LogP contribution in [0.1, 0.15) is 24.8 Å². The molecule has 1 aliphatic carbocycles. The fourth-order valence-corrected chi connectivity index (χ4v) is 3.18. The van der Waals surface area contributed by atoms with Gasteiger partial charge in [0.05, 0.1) is 6.54 Å². The highest BCUT2D eigenvalue weighted by molar-refractivity contribution is 5.95. The molecule has 1 amide bonds. The summed E-state index contributed by atoms with van der Waals surface area (Å²) in [4.78, 5) is 40.6. The number of hydrogen-bond acceptors (Lipinski definition) is 4. The first-order valence-electron chi connectivity index (χ1n) is 8.57. The fourth-order valence-electron chi connectivity index (χ4n) is 3.18. The number of nitrogens with two attached hydrogens (primary N) is 1. The van der Waals surface area contributed by atoms with Crippen LogP contribution in [-0.4, -0.2) is 22.5 Å². The standard InChI is InChI=1S/C19H22N4O3/c1-22(15(24)11-13-7-5-6-8-13)16-17(20)23(19(26)21-18(16)25)12-14-9-3-2-4-10-14/h2-5,7,9-10,13H,6,8,11-12,20H2,1H3,(H,21,25,26)/t13-/m1/s1. The Morgan fingerprint density at radius 3 is 2.69 bits per heavy atom. The third-order valence-electron chi connectivity index (χ3n) is 4.66. The third-order valence-corrected chi connectivity index (χ3v) is 4.66. The van der Waals surface area contributed by atoms with E-state index in [2.05, 4.69) is 11.1 Å². The number of nitrogen functional groups attached to an aromatic ring is 1. The first-order valence-corrected chi connectivity index (χ1v) is 8.57. The van der Waals surface area contributed by atoms with Gasteiger partial charge in [0, 0.05) is 13.5 Å².